The monoisotopic (exact) mass is 281 g/mol. The molecule has 0 unspecified atom stereocenters. The maximum atomic E-state index is 11.9. The number of carbonyl (C=O) groups excluding carboxylic acids is 1. The fraction of sp³-hybridized carbons (Fsp3) is 0. The summed E-state index contributed by atoms with van der Waals surface area (Å²) < 4.78 is 0. The zero-order valence-corrected chi connectivity index (χ0v) is 10.7. The molecular formula is C12H9Cl2N3O. The van der Waals surface area contributed by atoms with Gasteiger partial charge in [0.25, 0.3) is 5.91 Å². The van der Waals surface area contributed by atoms with Gasteiger partial charge in [0, 0.05) is 11.8 Å². The SMILES string of the molecule is Nc1cnccc1NC(=O)c1ccc(Cl)c(Cl)c1. The van der Waals surface area contributed by atoms with E-state index in [9.17, 15) is 4.79 Å². The molecule has 3 N–H and O–H groups in total. The van der Waals surface area contributed by atoms with Crippen LogP contribution in [0.1, 0.15) is 10.4 Å². The zero-order chi connectivity index (χ0) is 13.1. The van der Waals surface area contributed by atoms with Gasteiger partial charge in [-0.1, -0.05) is 23.2 Å². The molecule has 18 heavy (non-hydrogen) atoms. The van der Waals surface area contributed by atoms with Gasteiger partial charge in [0.05, 0.1) is 27.6 Å². The van der Waals surface area contributed by atoms with Gasteiger partial charge in [0.1, 0.15) is 0 Å². The second kappa shape index (κ2) is 5.25. The van der Waals surface area contributed by atoms with Crippen molar-refractivity contribution in [2.75, 3.05) is 11.1 Å². The number of hydrogen-bond donors (Lipinski definition) is 2. The average Bonchev–Trinajstić information content (AvgIpc) is 2.35. The first-order valence-corrected chi connectivity index (χ1v) is 5.79. The number of rotatable bonds is 2. The molecule has 0 saturated heterocycles. The van der Waals surface area contributed by atoms with E-state index in [1.165, 1.54) is 12.3 Å². The summed E-state index contributed by atoms with van der Waals surface area (Å²) in [7, 11) is 0. The molecule has 0 bridgehead atoms. The average molecular weight is 282 g/mol. The molecule has 6 heteroatoms. The Labute approximate surface area is 114 Å². The lowest BCUT2D eigenvalue weighted by Crippen LogP contribution is -2.13. The van der Waals surface area contributed by atoms with Gasteiger partial charge in [-0.3, -0.25) is 9.78 Å². The Morgan fingerprint density at radius 1 is 1.22 bits per heavy atom. The van der Waals surface area contributed by atoms with Gasteiger partial charge in [-0.25, -0.2) is 0 Å². The van der Waals surface area contributed by atoms with Crippen molar-refractivity contribution in [3.8, 4) is 0 Å². The fourth-order valence-electron chi connectivity index (χ4n) is 1.35. The van der Waals surface area contributed by atoms with E-state index in [4.69, 9.17) is 28.9 Å². The van der Waals surface area contributed by atoms with Crippen LogP contribution in [0.2, 0.25) is 10.0 Å². The third kappa shape index (κ3) is 2.72. The van der Waals surface area contributed by atoms with Gasteiger partial charge in [-0.2, -0.15) is 0 Å². The summed E-state index contributed by atoms with van der Waals surface area (Å²) in [4.78, 5) is 15.8. The van der Waals surface area contributed by atoms with Crippen molar-refractivity contribution < 1.29 is 4.79 Å². The minimum absolute atomic E-state index is 0.313. The summed E-state index contributed by atoms with van der Waals surface area (Å²) in [6.45, 7) is 0. The first-order chi connectivity index (χ1) is 8.58. The zero-order valence-electron chi connectivity index (χ0n) is 9.15. The molecule has 0 radical (unpaired) electrons. The molecular weight excluding hydrogens is 273 g/mol. The van der Waals surface area contributed by atoms with Crippen LogP contribution in [0.3, 0.4) is 0 Å². The predicted octanol–water partition coefficient (Wildman–Crippen LogP) is 3.22. The first kappa shape index (κ1) is 12.7. The number of aromatic nitrogens is 1. The van der Waals surface area contributed by atoms with Gasteiger partial charge >= 0.3 is 0 Å². The van der Waals surface area contributed by atoms with E-state index >= 15 is 0 Å². The van der Waals surface area contributed by atoms with E-state index in [1.54, 1.807) is 24.4 Å². The molecule has 92 valence electrons. The van der Waals surface area contributed by atoms with Gasteiger partial charge in [-0.15, -0.1) is 0 Å². The number of benzene rings is 1. The molecule has 0 spiro atoms. The third-order valence-corrected chi connectivity index (χ3v) is 3.02. The molecule has 0 aliphatic heterocycles. The molecule has 2 rings (SSSR count). The van der Waals surface area contributed by atoms with E-state index in [0.29, 0.717) is 27.0 Å². The quantitative estimate of drug-likeness (QED) is 0.888. The summed E-state index contributed by atoms with van der Waals surface area (Å²) >= 11 is 11.6. The minimum atomic E-state index is -0.313. The number of nitrogens with zero attached hydrogens (tertiary/aromatic N) is 1. The number of carbonyl (C=O) groups is 1. The minimum Gasteiger partial charge on any atom is -0.396 e. The standard InChI is InChI=1S/C12H9Cl2N3O/c13-8-2-1-7(5-9(8)14)12(18)17-11-3-4-16-6-10(11)15/h1-6H,15H2,(H,16,17,18). The maximum absolute atomic E-state index is 11.9. The van der Waals surface area contributed by atoms with Crippen LogP contribution in [0.4, 0.5) is 11.4 Å². The van der Waals surface area contributed by atoms with Crippen molar-refractivity contribution in [3.05, 3.63) is 52.3 Å². The van der Waals surface area contributed by atoms with Crippen LogP contribution < -0.4 is 11.1 Å². The van der Waals surface area contributed by atoms with E-state index in [-0.39, 0.29) is 5.91 Å². The molecule has 4 nitrogen and oxygen atoms in total. The van der Waals surface area contributed by atoms with Crippen LogP contribution in [0.5, 0.6) is 0 Å². The van der Waals surface area contributed by atoms with E-state index < -0.39 is 0 Å². The van der Waals surface area contributed by atoms with Crippen LogP contribution in [-0.4, -0.2) is 10.9 Å². The van der Waals surface area contributed by atoms with Crippen LogP contribution in [-0.2, 0) is 0 Å². The van der Waals surface area contributed by atoms with Crippen molar-refractivity contribution in [2.45, 2.75) is 0 Å². The number of nitrogens with one attached hydrogen (secondary N) is 1. The normalized spacial score (nSPS) is 10.1. The molecule has 0 aliphatic rings. The summed E-state index contributed by atoms with van der Waals surface area (Å²) in [5.74, 6) is -0.313. The predicted molar refractivity (Wildman–Crippen MR) is 73.1 cm³/mol. The highest BCUT2D eigenvalue weighted by Gasteiger charge is 2.09. The highest BCUT2D eigenvalue weighted by molar-refractivity contribution is 6.42. The Hall–Kier alpha value is -1.78. The Morgan fingerprint density at radius 2 is 2.00 bits per heavy atom. The first-order valence-electron chi connectivity index (χ1n) is 5.04. The van der Waals surface area contributed by atoms with Gasteiger partial charge in [0.15, 0.2) is 0 Å². The fourth-order valence-corrected chi connectivity index (χ4v) is 1.65. The number of hydrogen-bond acceptors (Lipinski definition) is 3. The van der Waals surface area contributed by atoms with Gasteiger partial charge in [0.2, 0.25) is 0 Å². The highest BCUT2D eigenvalue weighted by Crippen LogP contribution is 2.23. The van der Waals surface area contributed by atoms with Crippen LogP contribution in [0, 0.1) is 0 Å². The van der Waals surface area contributed by atoms with Crippen molar-refractivity contribution in [3.63, 3.8) is 0 Å². The second-order valence-corrected chi connectivity index (χ2v) is 4.36. The molecule has 0 saturated carbocycles. The van der Waals surface area contributed by atoms with Crippen molar-refractivity contribution in [1.29, 1.82) is 0 Å². The lowest BCUT2D eigenvalue weighted by atomic mass is 10.2. The molecule has 0 fully saturated rings. The van der Waals surface area contributed by atoms with E-state index in [0.717, 1.165) is 0 Å². The van der Waals surface area contributed by atoms with Crippen molar-refractivity contribution in [1.82, 2.24) is 4.98 Å². The number of nitrogens with two attached hydrogens (primary N) is 1. The Balaban J connectivity index is 2.22. The van der Waals surface area contributed by atoms with E-state index in [2.05, 4.69) is 10.3 Å². The van der Waals surface area contributed by atoms with Crippen molar-refractivity contribution >= 4 is 40.5 Å². The number of amides is 1. The maximum Gasteiger partial charge on any atom is 0.255 e. The number of halogens is 2. The lowest BCUT2D eigenvalue weighted by molar-refractivity contribution is 0.102. The molecule has 2 aromatic rings. The molecule has 1 aromatic heterocycles. The molecule has 1 heterocycles. The number of pyridine rings is 1. The molecule has 0 aliphatic carbocycles. The van der Waals surface area contributed by atoms with Crippen LogP contribution in [0.25, 0.3) is 0 Å². The Morgan fingerprint density at radius 3 is 2.67 bits per heavy atom. The number of anilines is 2. The third-order valence-electron chi connectivity index (χ3n) is 2.28. The number of nitrogen functional groups attached to an aromatic ring is 1. The highest BCUT2D eigenvalue weighted by atomic mass is 35.5. The Kier molecular flexibility index (Phi) is 3.69. The molecule has 0 atom stereocenters. The summed E-state index contributed by atoms with van der Waals surface area (Å²) in [6.07, 6.45) is 3.01. The second-order valence-electron chi connectivity index (χ2n) is 3.55. The topological polar surface area (TPSA) is 68.0 Å². The van der Waals surface area contributed by atoms with Crippen LogP contribution >= 0.6 is 23.2 Å². The van der Waals surface area contributed by atoms with E-state index in [1.807, 2.05) is 0 Å². The Bertz CT molecular complexity index is 602. The lowest BCUT2D eigenvalue weighted by Gasteiger charge is -2.07. The smallest absolute Gasteiger partial charge is 0.255 e. The molecule has 1 aromatic carbocycles. The summed E-state index contributed by atoms with van der Waals surface area (Å²) in [5.41, 5.74) is 6.98. The van der Waals surface area contributed by atoms with Crippen LogP contribution in [0.15, 0.2) is 36.7 Å². The largest absolute Gasteiger partial charge is 0.396 e. The summed E-state index contributed by atoms with van der Waals surface area (Å²) in [5, 5.41) is 3.39. The van der Waals surface area contributed by atoms with Gasteiger partial charge in [-0.05, 0) is 24.3 Å². The summed E-state index contributed by atoms with van der Waals surface area (Å²) in [6, 6.07) is 6.26. The van der Waals surface area contributed by atoms with Crippen molar-refractivity contribution in [2.24, 2.45) is 0 Å². The van der Waals surface area contributed by atoms with Gasteiger partial charge < -0.3 is 11.1 Å². The molecule has 1 amide bonds.